The van der Waals surface area contributed by atoms with Gasteiger partial charge < -0.3 is 14.6 Å². The molecule has 1 amide bonds. The zero-order valence-corrected chi connectivity index (χ0v) is 21.0. The van der Waals surface area contributed by atoms with Crippen molar-refractivity contribution in [2.24, 2.45) is 0 Å². The first-order chi connectivity index (χ1) is 17.1. The third-order valence-electron chi connectivity index (χ3n) is 6.56. The SMILES string of the molecule is O=C(CCc1c(-c2ccc(Cl)cc2)nc2ccc(-c3ccccc3Cl)cn12)NCCN1CCCC1. The molecule has 0 aliphatic carbocycles. The van der Waals surface area contributed by atoms with Crippen molar-refractivity contribution in [3.63, 3.8) is 0 Å². The molecule has 1 saturated heterocycles. The number of likely N-dealkylation sites (tertiary alicyclic amines) is 1. The highest BCUT2D eigenvalue weighted by Gasteiger charge is 2.17. The maximum Gasteiger partial charge on any atom is 0.220 e. The summed E-state index contributed by atoms with van der Waals surface area (Å²) >= 11 is 12.6. The molecule has 4 aromatic rings. The zero-order valence-electron chi connectivity index (χ0n) is 19.5. The van der Waals surface area contributed by atoms with Crippen LogP contribution in [0.4, 0.5) is 0 Å². The topological polar surface area (TPSA) is 49.6 Å². The summed E-state index contributed by atoms with van der Waals surface area (Å²) in [6.07, 6.45) is 5.53. The summed E-state index contributed by atoms with van der Waals surface area (Å²) in [6.45, 7) is 3.87. The molecule has 2 aromatic carbocycles. The Morgan fingerprint density at radius 1 is 0.943 bits per heavy atom. The minimum Gasteiger partial charge on any atom is -0.355 e. The first-order valence-electron chi connectivity index (χ1n) is 12.1. The molecule has 0 bridgehead atoms. The maximum absolute atomic E-state index is 12.7. The highest BCUT2D eigenvalue weighted by molar-refractivity contribution is 6.33. The van der Waals surface area contributed by atoms with Gasteiger partial charge in [0.25, 0.3) is 0 Å². The van der Waals surface area contributed by atoms with Crippen molar-refractivity contribution in [2.45, 2.75) is 25.7 Å². The number of hydrogen-bond donors (Lipinski definition) is 1. The number of rotatable bonds is 8. The molecule has 35 heavy (non-hydrogen) atoms. The quantitative estimate of drug-likeness (QED) is 0.313. The van der Waals surface area contributed by atoms with Crippen LogP contribution in [0.25, 0.3) is 28.0 Å². The smallest absolute Gasteiger partial charge is 0.220 e. The molecular weight excluding hydrogens is 479 g/mol. The normalized spacial score (nSPS) is 14.0. The molecule has 7 heteroatoms. The molecule has 180 valence electrons. The molecule has 1 fully saturated rings. The van der Waals surface area contributed by atoms with E-state index in [4.69, 9.17) is 28.2 Å². The van der Waals surface area contributed by atoms with Crippen LogP contribution in [0.15, 0.2) is 66.9 Å². The Kier molecular flexibility index (Phi) is 7.37. The molecule has 1 aliphatic heterocycles. The number of benzene rings is 2. The van der Waals surface area contributed by atoms with Crippen molar-refractivity contribution in [3.05, 3.63) is 82.6 Å². The number of hydrogen-bond acceptors (Lipinski definition) is 3. The minimum absolute atomic E-state index is 0.0588. The molecule has 1 N–H and O–H groups in total. The van der Waals surface area contributed by atoms with Gasteiger partial charge in [0.2, 0.25) is 5.91 Å². The predicted octanol–water partition coefficient (Wildman–Crippen LogP) is 6.12. The summed E-state index contributed by atoms with van der Waals surface area (Å²) in [7, 11) is 0. The molecule has 5 rings (SSSR count). The largest absolute Gasteiger partial charge is 0.355 e. The lowest BCUT2D eigenvalue weighted by Gasteiger charge is -2.14. The number of imidazole rings is 1. The fourth-order valence-corrected chi connectivity index (χ4v) is 5.08. The Bertz CT molecular complexity index is 1330. The van der Waals surface area contributed by atoms with E-state index in [9.17, 15) is 4.79 Å². The lowest BCUT2D eigenvalue weighted by atomic mass is 10.1. The second-order valence-electron chi connectivity index (χ2n) is 8.94. The maximum atomic E-state index is 12.7. The Balaban J connectivity index is 1.42. The van der Waals surface area contributed by atoms with E-state index in [0.29, 0.717) is 29.4 Å². The van der Waals surface area contributed by atoms with E-state index in [2.05, 4.69) is 20.8 Å². The number of amides is 1. The van der Waals surface area contributed by atoms with Crippen molar-refractivity contribution in [1.29, 1.82) is 0 Å². The molecule has 0 atom stereocenters. The average molecular weight is 507 g/mol. The lowest BCUT2D eigenvalue weighted by Crippen LogP contribution is -2.33. The number of carbonyl (C=O) groups excluding carboxylic acids is 1. The van der Waals surface area contributed by atoms with E-state index in [0.717, 1.165) is 53.4 Å². The van der Waals surface area contributed by atoms with Crippen LogP contribution in [-0.4, -0.2) is 46.4 Å². The van der Waals surface area contributed by atoms with Gasteiger partial charge in [0.15, 0.2) is 0 Å². The molecule has 2 aromatic heterocycles. The van der Waals surface area contributed by atoms with Crippen LogP contribution in [0.1, 0.15) is 25.0 Å². The standard InChI is InChI=1S/C28H28Cl2N4O/c29-22-10-7-20(8-11-22)28-25(12-14-27(35)31-15-18-33-16-3-4-17-33)34-19-21(9-13-26(34)32-28)23-5-1-2-6-24(23)30/h1-2,5-11,13,19H,3-4,12,14-18H2,(H,31,35). The number of fused-ring (bicyclic) bond motifs is 1. The monoisotopic (exact) mass is 506 g/mol. The van der Waals surface area contributed by atoms with Crippen LogP contribution in [0.5, 0.6) is 0 Å². The van der Waals surface area contributed by atoms with Gasteiger partial charge in [-0.25, -0.2) is 4.98 Å². The molecule has 0 spiro atoms. The van der Waals surface area contributed by atoms with E-state index in [-0.39, 0.29) is 5.91 Å². The second kappa shape index (κ2) is 10.8. The van der Waals surface area contributed by atoms with Crippen LogP contribution in [0.2, 0.25) is 10.0 Å². The van der Waals surface area contributed by atoms with Crippen molar-refractivity contribution in [3.8, 4) is 22.4 Å². The first kappa shape index (κ1) is 23.9. The fraction of sp³-hybridized carbons (Fsp3) is 0.286. The van der Waals surface area contributed by atoms with E-state index < -0.39 is 0 Å². The summed E-state index contributed by atoms with van der Waals surface area (Å²) < 4.78 is 2.08. The van der Waals surface area contributed by atoms with Crippen LogP contribution in [0.3, 0.4) is 0 Å². The van der Waals surface area contributed by atoms with Crippen LogP contribution >= 0.6 is 23.2 Å². The number of pyridine rings is 1. The minimum atomic E-state index is 0.0588. The molecule has 0 radical (unpaired) electrons. The second-order valence-corrected chi connectivity index (χ2v) is 9.78. The summed E-state index contributed by atoms with van der Waals surface area (Å²) in [5.74, 6) is 0.0588. The van der Waals surface area contributed by atoms with Gasteiger partial charge in [0, 0.05) is 46.9 Å². The summed E-state index contributed by atoms with van der Waals surface area (Å²) in [6, 6.07) is 19.5. The van der Waals surface area contributed by atoms with Gasteiger partial charge >= 0.3 is 0 Å². The number of carbonyl (C=O) groups is 1. The average Bonchev–Trinajstić information content (AvgIpc) is 3.51. The van der Waals surface area contributed by atoms with Crippen molar-refractivity contribution < 1.29 is 4.79 Å². The molecule has 5 nitrogen and oxygen atoms in total. The summed E-state index contributed by atoms with van der Waals surface area (Å²) in [4.78, 5) is 20.0. The van der Waals surface area contributed by atoms with Gasteiger partial charge in [0.05, 0.1) is 11.4 Å². The van der Waals surface area contributed by atoms with Crippen LogP contribution in [0, 0.1) is 0 Å². The number of halogens is 2. The highest BCUT2D eigenvalue weighted by atomic mass is 35.5. The summed E-state index contributed by atoms with van der Waals surface area (Å²) in [5.41, 5.74) is 5.62. The molecule has 0 saturated carbocycles. The highest BCUT2D eigenvalue weighted by Crippen LogP contribution is 2.31. The number of aromatic nitrogens is 2. The number of nitrogens with one attached hydrogen (secondary N) is 1. The van der Waals surface area contributed by atoms with Gasteiger partial charge in [-0.3, -0.25) is 4.79 Å². The Hall–Kier alpha value is -2.86. The Morgan fingerprint density at radius 2 is 1.69 bits per heavy atom. The van der Waals surface area contributed by atoms with E-state index in [1.807, 2.05) is 60.7 Å². The zero-order chi connectivity index (χ0) is 24.2. The first-order valence-corrected chi connectivity index (χ1v) is 12.8. The predicted molar refractivity (Wildman–Crippen MR) is 143 cm³/mol. The third-order valence-corrected chi connectivity index (χ3v) is 7.14. The van der Waals surface area contributed by atoms with Gasteiger partial charge in [0.1, 0.15) is 5.65 Å². The summed E-state index contributed by atoms with van der Waals surface area (Å²) in [5, 5.41) is 4.46. The molecule has 3 heterocycles. The van der Waals surface area contributed by atoms with Gasteiger partial charge in [-0.1, -0.05) is 53.5 Å². The fourth-order valence-electron chi connectivity index (χ4n) is 4.71. The van der Waals surface area contributed by atoms with Gasteiger partial charge in [-0.2, -0.15) is 0 Å². The van der Waals surface area contributed by atoms with Gasteiger partial charge in [-0.15, -0.1) is 0 Å². The number of nitrogens with zero attached hydrogens (tertiary/aromatic N) is 3. The Morgan fingerprint density at radius 3 is 2.46 bits per heavy atom. The molecular formula is C28H28Cl2N4O. The third kappa shape index (κ3) is 5.53. The van der Waals surface area contributed by atoms with E-state index in [1.54, 1.807) is 0 Å². The van der Waals surface area contributed by atoms with Crippen LogP contribution < -0.4 is 5.32 Å². The van der Waals surface area contributed by atoms with Crippen LogP contribution in [-0.2, 0) is 11.2 Å². The number of aryl methyl sites for hydroxylation is 1. The van der Waals surface area contributed by atoms with Crippen molar-refractivity contribution >= 4 is 34.8 Å². The van der Waals surface area contributed by atoms with Gasteiger partial charge in [-0.05, 0) is 68.2 Å². The Labute approximate surface area is 215 Å². The van der Waals surface area contributed by atoms with Crippen molar-refractivity contribution in [1.82, 2.24) is 19.6 Å². The van der Waals surface area contributed by atoms with E-state index in [1.165, 1.54) is 12.8 Å². The molecule has 1 aliphatic rings. The lowest BCUT2D eigenvalue weighted by molar-refractivity contribution is -0.121. The molecule has 0 unspecified atom stereocenters. The van der Waals surface area contributed by atoms with Crippen molar-refractivity contribution in [2.75, 3.05) is 26.2 Å². The van der Waals surface area contributed by atoms with E-state index >= 15 is 0 Å².